The molecule has 1 atom stereocenters. The van der Waals surface area contributed by atoms with Crippen LogP contribution in [0.5, 0.6) is 0 Å². The summed E-state index contributed by atoms with van der Waals surface area (Å²) in [6.07, 6.45) is 0. The van der Waals surface area contributed by atoms with E-state index in [-0.39, 0.29) is 5.41 Å². The summed E-state index contributed by atoms with van der Waals surface area (Å²) in [7, 11) is 0. The van der Waals surface area contributed by atoms with Crippen molar-refractivity contribution in [2.45, 2.75) is 26.8 Å². The largest absolute Gasteiger partial charge is 0.369 e. The van der Waals surface area contributed by atoms with E-state index in [0.29, 0.717) is 11.7 Å². The molecule has 1 heterocycles. The number of anilines is 1. The monoisotopic (exact) mass is 254 g/mol. The van der Waals surface area contributed by atoms with Gasteiger partial charge in [0.25, 0.3) is 0 Å². The van der Waals surface area contributed by atoms with Crippen LogP contribution in [-0.2, 0) is 0 Å². The molecule has 100 valence electrons. The minimum Gasteiger partial charge on any atom is -0.369 e. The van der Waals surface area contributed by atoms with Gasteiger partial charge in [0.15, 0.2) is 0 Å². The van der Waals surface area contributed by atoms with Crippen LogP contribution in [0.2, 0.25) is 0 Å². The first kappa shape index (κ1) is 13.3. The summed E-state index contributed by atoms with van der Waals surface area (Å²) < 4.78 is 26.5. The molecule has 1 unspecified atom stereocenters. The summed E-state index contributed by atoms with van der Waals surface area (Å²) in [6.45, 7) is 8.88. The third kappa shape index (κ3) is 2.99. The molecule has 18 heavy (non-hydrogen) atoms. The standard InChI is InChI=1S/C14H20F2N2/c1-14(2,3)13-9-18(5-4-17-13)12-7-10(15)6-11(16)8-12/h6-8,13,17H,4-5,9H2,1-3H3. The van der Waals surface area contributed by atoms with Crippen molar-refractivity contribution < 1.29 is 8.78 Å². The highest BCUT2D eigenvalue weighted by molar-refractivity contribution is 5.47. The van der Waals surface area contributed by atoms with Crippen molar-refractivity contribution in [2.24, 2.45) is 5.41 Å². The van der Waals surface area contributed by atoms with Gasteiger partial charge < -0.3 is 10.2 Å². The van der Waals surface area contributed by atoms with Gasteiger partial charge in [-0.15, -0.1) is 0 Å². The van der Waals surface area contributed by atoms with E-state index in [1.807, 2.05) is 4.90 Å². The van der Waals surface area contributed by atoms with Gasteiger partial charge in [-0.1, -0.05) is 20.8 Å². The lowest BCUT2D eigenvalue weighted by molar-refractivity contribution is 0.254. The first-order chi connectivity index (χ1) is 8.36. The van der Waals surface area contributed by atoms with E-state index in [9.17, 15) is 8.78 Å². The highest BCUT2D eigenvalue weighted by atomic mass is 19.1. The number of hydrogen-bond donors (Lipinski definition) is 1. The minimum atomic E-state index is -0.518. The normalized spacial score (nSPS) is 21.2. The molecule has 1 N–H and O–H groups in total. The summed E-state index contributed by atoms with van der Waals surface area (Å²) in [5.41, 5.74) is 0.758. The van der Waals surface area contributed by atoms with Crippen molar-refractivity contribution in [1.82, 2.24) is 5.32 Å². The van der Waals surface area contributed by atoms with Gasteiger partial charge in [0, 0.05) is 37.4 Å². The Morgan fingerprint density at radius 3 is 2.33 bits per heavy atom. The molecule has 1 aliphatic rings. The predicted molar refractivity (Wildman–Crippen MR) is 69.8 cm³/mol. The molecule has 1 fully saturated rings. The number of nitrogens with zero attached hydrogens (tertiary/aromatic N) is 1. The highest BCUT2D eigenvalue weighted by Gasteiger charge is 2.29. The SMILES string of the molecule is CC(C)(C)C1CN(c2cc(F)cc(F)c2)CCN1. The third-order valence-corrected chi connectivity index (χ3v) is 3.43. The summed E-state index contributed by atoms with van der Waals surface area (Å²) in [5.74, 6) is -1.04. The molecule has 0 radical (unpaired) electrons. The van der Waals surface area contributed by atoms with Crippen molar-refractivity contribution in [3.05, 3.63) is 29.8 Å². The number of halogens is 2. The van der Waals surface area contributed by atoms with E-state index in [4.69, 9.17) is 0 Å². The Hall–Kier alpha value is -1.16. The van der Waals surface area contributed by atoms with Crippen LogP contribution < -0.4 is 10.2 Å². The van der Waals surface area contributed by atoms with Gasteiger partial charge in [0.2, 0.25) is 0 Å². The lowest BCUT2D eigenvalue weighted by atomic mass is 9.85. The van der Waals surface area contributed by atoms with Gasteiger partial charge in [0.05, 0.1) is 0 Å². The van der Waals surface area contributed by atoms with E-state index in [1.165, 1.54) is 12.1 Å². The van der Waals surface area contributed by atoms with Gasteiger partial charge in [-0.25, -0.2) is 8.78 Å². The van der Waals surface area contributed by atoms with Gasteiger partial charge in [-0.2, -0.15) is 0 Å². The maximum absolute atomic E-state index is 13.2. The summed E-state index contributed by atoms with van der Waals surface area (Å²) in [4.78, 5) is 2.04. The molecule has 0 bridgehead atoms. The van der Waals surface area contributed by atoms with E-state index in [0.717, 1.165) is 25.7 Å². The average molecular weight is 254 g/mol. The van der Waals surface area contributed by atoms with Crippen LogP contribution in [0.25, 0.3) is 0 Å². The van der Waals surface area contributed by atoms with Gasteiger partial charge in [-0.05, 0) is 17.5 Å². The Bertz CT molecular complexity index is 406. The molecule has 1 saturated heterocycles. The number of nitrogens with one attached hydrogen (secondary N) is 1. The molecule has 0 aliphatic carbocycles. The zero-order chi connectivity index (χ0) is 13.3. The molecule has 2 rings (SSSR count). The molecular weight excluding hydrogens is 234 g/mol. The van der Waals surface area contributed by atoms with Gasteiger partial charge in [0.1, 0.15) is 11.6 Å². The third-order valence-electron chi connectivity index (χ3n) is 3.43. The molecular formula is C14H20F2N2. The molecule has 1 aromatic rings. The summed E-state index contributed by atoms with van der Waals surface area (Å²) in [5, 5.41) is 3.46. The zero-order valence-corrected chi connectivity index (χ0v) is 11.1. The van der Waals surface area contributed by atoms with Crippen LogP contribution >= 0.6 is 0 Å². The second kappa shape index (κ2) is 4.84. The topological polar surface area (TPSA) is 15.3 Å². The van der Waals surface area contributed by atoms with E-state index < -0.39 is 11.6 Å². The molecule has 1 aromatic carbocycles. The molecule has 4 heteroatoms. The number of hydrogen-bond acceptors (Lipinski definition) is 2. The minimum absolute atomic E-state index is 0.130. The lowest BCUT2D eigenvalue weighted by Gasteiger charge is -2.41. The molecule has 0 aromatic heterocycles. The van der Waals surface area contributed by atoms with Crippen molar-refractivity contribution >= 4 is 5.69 Å². The van der Waals surface area contributed by atoms with Crippen LogP contribution in [0.3, 0.4) is 0 Å². The Kier molecular flexibility index (Phi) is 3.57. The Balaban J connectivity index is 2.18. The summed E-state index contributed by atoms with van der Waals surface area (Å²) >= 11 is 0. The van der Waals surface area contributed by atoms with Gasteiger partial charge >= 0.3 is 0 Å². The first-order valence-corrected chi connectivity index (χ1v) is 6.31. The zero-order valence-electron chi connectivity index (χ0n) is 11.1. The van der Waals surface area contributed by atoms with Crippen LogP contribution in [0, 0.1) is 17.0 Å². The number of benzene rings is 1. The van der Waals surface area contributed by atoms with E-state index >= 15 is 0 Å². The fourth-order valence-corrected chi connectivity index (χ4v) is 2.29. The molecule has 0 spiro atoms. The smallest absolute Gasteiger partial charge is 0.128 e. The second-order valence-corrected chi connectivity index (χ2v) is 5.95. The van der Waals surface area contributed by atoms with E-state index in [2.05, 4.69) is 26.1 Å². The van der Waals surface area contributed by atoms with Crippen molar-refractivity contribution in [2.75, 3.05) is 24.5 Å². The fourth-order valence-electron chi connectivity index (χ4n) is 2.29. The van der Waals surface area contributed by atoms with Crippen molar-refractivity contribution in [3.8, 4) is 0 Å². The Labute approximate surface area is 107 Å². The maximum atomic E-state index is 13.2. The highest BCUT2D eigenvalue weighted by Crippen LogP contribution is 2.25. The number of rotatable bonds is 1. The van der Waals surface area contributed by atoms with Crippen molar-refractivity contribution in [1.29, 1.82) is 0 Å². The second-order valence-electron chi connectivity index (χ2n) is 5.95. The maximum Gasteiger partial charge on any atom is 0.128 e. The van der Waals surface area contributed by atoms with Crippen LogP contribution in [0.4, 0.5) is 14.5 Å². The lowest BCUT2D eigenvalue weighted by Crippen LogP contribution is -2.56. The molecule has 0 saturated carbocycles. The van der Waals surface area contributed by atoms with Crippen LogP contribution in [-0.4, -0.2) is 25.7 Å². The van der Waals surface area contributed by atoms with Crippen molar-refractivity contribution in [3.63, 3.8) is 0 Å². The molecule has 2 nitrogen and oxygen atoms in total. The Morgan fingerprint density at radius 2 is 1.78 bits per heavy atom. The quantitative estimate of drug-likeness (QED) is 0.829. The van der Waals surface area contributed by atoms with Gasteiger partial charge in [-0.3, -0.25) is 0 Å². The van der Waals surface area contributed by atoms with E-state index in [1.54, 1.807) is 0 Å². The van der Waals surface area contributed by atoms with Crippen LogP contribution in [0.15, 0.2) is 18.2 Å². The summed E-state index contributed by atoms with van der Waals surface area (Å²) in [6, 6.07) is 4.02. The fraction of sp³-hybridized carbons (Fsp3) is 0.571. The average Bonchev–Trinajstić information content (AvgIpc) is 2.27. The molecule has 0 amide bonds. The Morgan fingerprint density at radius 1 is 1.17 bits per heavy atom. The number of piperazine rings is 1. The predicted octanol–water partition coefficient (Wildman–Crippen LogP) is 2.79. The first-order valence-electron chi connectivity index (χ1n) is 6.31. The molecule has 1 aliphatic heterocycles. The van der Waals surface area contributed by atoms with Crippen LogP contribution in [0.1, 0.15) is 20.8 Å².